The van der Waals surface area contributed by atoms with Crippen molar-refractivity contribution in [2.24, 2.45) is 0 Å². The Morgan fingerprint density at radius 1 is 1.06 bits per heavy atom. The molecule has 1 saturated heterocycles. The zero-order valence-electron chi connectivity index (χ0n) is 18.8. The summed E-state index contributed by atoms with van der Waals surface area (Å²) in [4.78, 5) is 21.8. The van der Waals surface area contributed by atoms with E-state index in [1.165, 1.54) is 11.8 Å². The number of aromatic nitrogens is 2. The lowest BCUT2D eigenvalue weighted by Gasteiger charge is -2.34. The summed E-state index contributed by atoms with van der Waals surface area (Å²) in [6.45, 7) is 5.95. The Balaban J connectivity index is 1.26. The molecule has 0 aliphatic carbocycles. The number of para-hydroxylation sites is 1. The molecule has 0 atom stereocenters. The van der Waals surface area contributed by atoms with Crippen LogP contribution in [-0.2, 0) is 16.1 Å². The molecule has 1 amide bonds. The van der Waals surface area contributed by atoms with Crippen LogP contribution >= 0.6 is 23.4 Å². The average Bonchev–Trinajstić information content (AvgIpc) is 3.18. The second kappa shape index (κ2) is 11.7. The van der Waals surface area contributed by atoms with Crippen molar-refractivity contribution in [3.63, 3.8) is 0 Å². The third kappa shape index (κ3) is 6.41. The highest BCUT2D eigenvalue weighted by molar-refractivity contribution is 7.99. The third-order valence-electron chi connectivity index (χ3n) is 5.66. The van der Waals surface area contributed by atoms with Gasteiger partial charge in [-0.15, -0.1) is 0 Å². The fourth-order valence-corrected chi connectivity index (χ4v) is 4.95. The van der Waals surface area contributed by atoms with Crippen LogP contribution in [0.1, 0.15) is 0 Å². The second-order valence-electron chi connectivity index (χ2n) is 7.84. The minimum atomic E-state index is 0.142. The number of halogens is 1. The summed E-state index contributed by atoms with van der Waals surface area (Å²) in [5.74, 6) is 1.40. The molecule has 4 rings (SSSR count). The van der Waals surface area contributed by atoms with E-state index in [4.69, 9.17) is 26.1 Å². The first-order valence-electron chi connectivity index (χ1n) is 11.1. The first-order valence-corrected chi connectivity index (χ1v) is 12.5. The van der Waals surface area contributed by atoms with E-state index < -0.39 is 0 Å². The highest BCUT2D eigenvalue weighted by Crippen LogP contribution is 2.26. The summed E-state index contributed by atoms with van der Waals surface area (Å²) in [7, 11) is 1.68. The van der Waals surface area contributed by atoms with Gasteiger partial charge in [0.1, 0.15) is 12.4 Å². The largest absolute Gasteiger partial charge is 0.492 e. The summed E-state index contributed by atoms with van der Waals surface area (Å²) >= 11 is 7.61. The zero-order valence-corrected chi connectivity index (χ0v) is 20.4. The highest BCUT2D eigenvalue weighted by Gasteiger charge is 2.22. The lowest BCUT2D eigenvalue weighted by molar-refractivity contribution is -0.130. The number of benzene rings is 2. The molecule has 0 spiro atoms. The molecule has 7 nitrogen and oxygen atoms in total. The van der Waals surface area contributed by atoms with Crippen molar-refractivity contribution in [1.29, 1.82) is 0 Å². The Kier molecular flexibility index (Phi) is 8.50. The monoisotopic (exact) mass is 488 g/mol. The topological polar surface area (TPSA) is 59.8 Å². The number of imidazole rings is 1. The van der Waals surface area contributed by atoms with E-state index in [-0.39, 0.29) is 5.91 Å². The molecule has 0 radical (unpaired) electrons. The number of piperazine rings is 1. The number of fused-ring (bicyclic) bond motifs is 1. The van der Waals surface area contributed by atoms with Crippen LogP contribution < -0.4 is 4.74 Å². The van der Waals surface area contributed by atoms with Gasteiger partial charge in [-0.2, -0.15) is 0 Å². The summed E-state index contributed by atoms with van der Waals surface area (Å²) in [5, 5.41) is 1.47. The van der Waals surface area contributed by atoms with E-state index in [1.54, 1.807) is 7.11 Å². The van der Waals surface area contributed by atoms with Gasteiger partial charge in [0.15, 0.2) is 5.16 Å². The van der Waals surface area contributed by atoms with Crippen LogP contribution in [0.4, 0.5) is 0 Å². The smallest absolute Gasteiger partial charge is 0.233 e. The van der Waals surface area contributed by atoms with Crippen molar-refractivity contribution in [1.82, 2.24) is 19.4 Å². The minimum Gasteiger partial charge on any atom is -0.492 e. The molecule has 1 fully saturated rings. The molecule has 1 aliphatic rings. The van der Waals surface area contributed by atoms with Crippen molar-refractivity contribution in [2.45, 2.75) is 11.7 Å². The van der Waals surface area contributed by atoms with E-state index >= 15 is 0 Å². The molecular weight excluding hydrogens is 460 g/mol. The molecule has 0 bridgehead atoms. The SMILES string of the molecule is COCCn1c(SCC(=O)N2CCN(CCOc3ccccc3)CC2)nc2cc(Cl)ccc21. The van der Waals surface area contributed by atoms with Crippen molar-refractivity contribution < 1.29 is 14.3 Å². The van der Waals surface area contributed by atoms with Crippen molar-refractivity contribution in [3.05, 3.63) is 53.6 Å². The Hall–Kier alpha value is -2.26. The zero-order chi connectivity index (χ0) is 23.0. The van der Waals surface area contributed by atoms with Gasteiger partial charge in [0.05, 0.1) is 23.4 Å². The maximum Gasteiger partial charge on any atom is 0.233 e. The Morgan fingerprint density at radius 3 is 2.61 bits per heavy atom. The second-order valence-corrected chi connectivity index (χ2v) is 9.22. The number of ether oxygens (including phenoxy) is 2. The molecule has 2 aromatic carbocycles. The normalized spacial score (nSPS) is 14.7. The fourth-order valence-electron chi connectivity index (χ4n) is 3.84. The Bertz CT molecular complexity index is 1050. The first kappa shape index (κ1) is 23.9. The molecule has 3 aromatic rings. The van der Waals surface area contributed by atoms with Crippen LogP contribution in [0.5, 0.6) is 5.75 Å². The van der Waals surface area contributed by atoms with Crippen molar-refractivity contribution >= 4 is 40.3 Å². The lowest BCUT2D eigenvalue weighted by Crippen LogP contribution is -2.50. The first-order chi connectivity index (χ1) is 16.1. The predicted octanol–water partition coefficient (Wildman–Crippen LogP) is 3.65. The summed E-state index contributed by atoms with van der Waals surface area (Å²) < 4.78 is 13.1. The highest BCUT2D eigenvalue weighted by atomic mass is 35.5. The van der Waals surface area contributed by atoms with Gasteiger partial charge in [0.2, 0.25) is 5.91 Å². The van der Waals surface area contributed by atoms with Crippen LogP contribution in [0.2, 0.25) is 5.02 Å². The van der Waals surface area contributed by atoms with Gasteiger partial charge < -0.3 is 18.9 Å². The van der Waals surface area contributed by atoms with Crippen LogP contribution in [0.3, 0.4) is 0 Å². The maximum absolute atomic E-state index is 12.9. The summed E-state index contributed by atoms with van der Waals surface area (Å²) in [6, 6.07) is 15.5. The van der Waals surface area contributed by atoms with Crippen LogP contribution in [-0.4, -0.2) is 84.1 Å². The van der Waals surface area contributed by atoms with Crippen molar-refractivity contribution in [2.75, 3.05) is 58.8 Å². The van der Waals surface area contributed by atoms with Gasteiger partial charge in [-0.05, 0) is 30.3 Å². The van der Waals surface area contributed by atoms with Crippen molar-refractivity contribution in [3.8, 4) is 5.75 Å². The standard InChI is InChI=1S/C24H29ClN4O3S/c1-31-15-14-29-22-8-7-19(25)17-21(22)26-24(29)33-18-23(30)28-11-9-27(10-12-28)13-16-32-20-5-3-2-4-6-20/h2-8,17H,9-16,18H2,1H3. The van der Waals surface area contributed by atoms with E-state index in [1.807, 2.05) is 53.4 Å². The maximum atomic E-state index is 12.9. The van der Waals surface area contributed by atoms with E-state index in [2.05, 4.69) is 9.47 Å². The number of nitrogens with zero attached hydrogens (tertiary/aromatic N) is 4. The quantitative estimate of drug-likeness (QED) is 0.406. The molecule has 0 N–H and O–H groups in total. The van der Waals surface area contributed by atoms with E-state index in [0.717, 1.165) is 54.7 Å². The number of methoxy groups -OCH3 is 1. The number of carbonyl (C=O) groups excluding carboxylic acids is 1. The number of amides is 1. The van der Waals surface area contributed by atoms with Gasteiger partial charge in [-0.25, -0.2) is 4.98 Å². The third-order valence-corrected chi connectivity index (χ3v) is 6.86. The van der Waals surface area contributed by atoms with Gasteiger partial charge in [0, 0.05) is 51.4 Å². The average molecular weight is 489 g/mol. The van der Waals surface area contributed by atoms with Crippen LogP contribution in [0, 0.1) is 0 Å². The number of rotatable bonds is 10. The number of hydrogen-bond acceptors (Lipinski definition) is 6. The fraction of sp³-hybridized carbons (Fsp3) is 0.417. The Labute approximate surface area is 203 Å². The number of hydrogen-bond donors (Lipinski definition) is 0. The molecule has 2 heterocycles. The molecular formula is C24H29ClN4O3S. The van der Waals surface area contributed by atoms with Crippen LogP contribution in [0.25, 0.3) is 11.0 Å². The molecule has 9 heteroatoms. The van der Waals surface area contributed by atoms with Gasteiger partial charge >= 0.3 is 0 Å². The van der Waals surface area contributed by atoms with E-state index in [0.29, 0.717) is 30.5 Å². The van der Waals surface area contributed by atoms with Crippen LogP contribution in [0.15, 0.2) is 53.7 Å². The van der Waals surface area contributed by atoms with Gasteiger partial charge in [0.25, 0.3) is 0 Å². The van der Waals surface area contributed by atoms with Gasteiger partial charge in [-0.1, -0.05) is 41.6 Å². The molecule has 33 heavy (non-hydrogen) atoms. The van der Waals surface area contributed by atoms with Gasteiger partial charge in [-0.3, -0.25) is 9.69 Å². The Morgan fingerprint density at radius 2 is 1.85 bits per heavy atom. The summed E-state index contributed by atoms with van der Waals surface area (Å²) in [5.41, 5.74) is 1.83. The number of carbonyl (C=O) groups is 1. The predicted molar refractivity (Wildman–Crippen MR) is 132 cm³/mol. The lowest BCUT2D eigenvalue weighted by atomic mass is 10.3. The summed E-state index contributed by atoms with van der Waals surface area (Å²) in [6.07, 6.45) is 0. The molecule has 0 unspecified atom stereocenters. The van der Waals surface area contributed by atoms with E-state index in [9.17, 15) is 4.79 Å². The minimum absolute atomic E-state index is 0.142. The molecule has 0 saturated carbocycles. The molecule has 1 aromatic heterocycles. The number of thioether (sulfide) groups is 1. The molecule has 176 valence electrons. The molecule has 1 aliphatic heterocycles.